The Morgan fingerprint density at radius 2 is 2.08 bits per heavy atom. The van der Waals surface area contributed by atoms with E-state index in [2.05, 4.69) is 0 Å². The topological polar surface area (TPSA) is 55.8 Å². The van der Waals surface area contributed by atoms with Crippen molar-refractivity contribution in [1.82, 2.24) is 0 Å². The van der Waals surface area contributed by atoms with Gasteiger partial charge in [0.1, 0.15) is 6.61 Å². The molecule has 0 saturated carbocycles. The minimum absolute atomic E-state index is 0.134. The summed E-state index contributed by atoms with van der Waals surface area (Å²) >= 11 is 0. The van der Waals surface area contributed by atoms with E-state index in [0.29, 0.717) is 32.7 Å². The molecule has 4 heteroatoms. The fraction of sp³-hybridized carbons (Fsp3) is 0.875. The molecule has 0 unspecified atom stereocenters. The van der Waals surface area contributed by atoms with Crippen LogP contribution in [-0.2, 0) is 14.3 Å². The molecule has 0 aromatic rings. The molecule has 0 rings (SSSR count). The number of aliphatic hydroxyl groups is 1. The second kappa shape index (κ2) is 8.49. The van der Waals surface area contributed by atoms with Gasteiger partial charge in [-0.1, -0.05) is 6.92 Å². The zero-order valence-corrected chi connectivity index (χ0v) is 7.41. The lowest BCUT2D eigenvalue weighted by atomic mass is 10.5. The van der Waals surface area contributed by atoms with E-state index in [4.69, 9.17) is 14.6 Å². The molecule has 4 nitrogen and oxygen atoms in total. The van der Waals surface area contributed by atoms with Gasteiger partial charge in [0.05, 0.1) is 6.61 Å². The fourth-order valence-corrected chi connectivity index (χ4v) is 0.585. The summed E-state index contributed by atoms with van der Waals surface area (Å²) in [4.78, 5) is 10.6. The zero-order valence-electron chi connectivity index (χ0n) is 7.41. The predicted octanol–water partition coefficient (Wildman–Crippen LogP) is 0.339. The number of carbonyl (C=O) groups excluding carboxylic acids is 1. The van der Waals surface area contributed by atoms with Crippen molar-refractivity contribution >= 4 is 5.97 Å². The highest BCUT2D eigenvalue weighted by Crippen LogP contribution is 1.85. The summed E-state index contributed by atoms with van der Waals surface area (Å²) in [6.45, 7) is 3.10. The summed E-state index contributed by atoms with van der Waals surface area (Å²) in [6, 6.07) is 0. The van der Waals surface area contributed by atoms with Crippen LogP contribution in [0.2, 0.25) is 0 Å². The first kappa shape index (κ1) is 11.4. The van der Waals surface area contributed by atoms with Crippen LogP contribution in [0.3, 0.4) is 0 Å². The van der Waals surface area contributed by atoms with Crippen molar-refractivity contribution in [2.24, 2.45) is 0 Å². The minimum Gasteiger partial charge on any atom is -0.463 e. The second-order valence-corrected chi connectivity index (χ2v) is 2.26. The molecule has 12 heavy (non-hydrogen) atoms. The highest BCUT2D eigenvalue weighted by atomic mass is 16.6. The first-order valence-corrected chi connectivity index (χ1v) is 4.15. The van der Waals surface area contributed by atoms with Crippen LogP contribution >= 0.6 is 0 Å². The Morgan fingerprint density at radius 3 is 2.67 bits per heavy atom. The molecule has 0 amide bonds. The van der Waals surface area contributed by atoms with Gasteiger partial charge < -0.3 is 14.6 Å². The predicted molar refractivity (Wildman–Crippen MR) is 43.8 cm³/mol. The molecule has 0 heterocycles. The van der Waals surface area contributed by atoms with Gasteiger partial charge >= 0.3 is 5.97 Å². The van der Waals surface area contributed by atoms with Gasteiger partial charge in [-0.3, -0.25) is 4.79 Å². The minimum atomic E-state index is -0.208. The third-order valence-electron chi connectivity index (χ3n) is 1.23. The first-order valence-electron chi connectivity index (χ1n) is 4.15. The Kier molecular flexibility index (Phi) is 8.05. The quantitative estimate of drug-likeness (QED) is 0.449. The van der Waals surface area contributed by atoms with Gasteiger partial charge in [-0.25, -0.2) is 0 Å². The average molecular weight is 176 g/mol. The normalized spacial score (nSPS) is 9.83. The molecular weight excluding hydrogens is 160 g/mol. The number of aliphatic hydroxyl groups excluding tert-OH is 1. The standard InChI is InChI=1S/C8H16O4/c1-2-8(10)12-7-6-11-5-3-4-9/h9H,2-7H2,1H3. The van der Waals surface area contributed by atoms with Crippen LogP contribution < -0.4 is 0 Å². The Bertz CT molecular complexity index is 114. The molecule has 0 atom stereocenters. The molecule has 0 saturated heterocycles. The molecule has 0 aliphatic carbocycles. The summed E-state index contributed by atoms with van der Waals surface area (Å²) in [5.41, 5.74) is 0. The summed E-state index contributed by atoms with van der Waals surface area (Å²) < 4.78 is 9.78. The third-order valence-corrected chi connectivity index (χ3v) is 1.23. The molecular formula is C8H16O4. The van der Waals surface area contributed by atoms with Gasteiger partial charge in [0, 0.05) is 19.6 Å². The van der Waals surface area contributed by atoms with Crippen LogP contribution in [0.4, 0.5) is 0 Å². The van der Waals surface area contributed by atoms with E-state index < -0.39 is 0 Å². The average Bonchev–Trinajstić information content (AvgIpc) is 2.10. The molecule has 0 radical (unpaired) electrons. The fourth-order valence-electron chi connectivity index (χ4n) is 0.585. The first-order chi connectivity index (χ1) is 5.81. The molecule has 0 bridgehead atoms. The molecule has 0 fully saturated rings. The van der Waals surface area contributed by atoms with E-state index in [1.54, 1.807) is 6.92 Å². The van der Waals surface area contributed by atoms with Crippen LogP contribution in [-0.4, -0.2) is 37.5 Å². The van der Waals surface area contributed by atoms with E-state index in [1.807, 2.05) is 0 Å². The number of hydrogen-bond acceptors (Lipinski definition) is 4. The van der Waals surface area contributed by atoms with E-state index in [9.17, 15) is 4.79 Å². The summed E-state index contributed by atoms with van der Waals surface area (Å²) in [6.07, 6.45) is 1.03. The van der Waals surface area contributed by atoms with E-state index >= 15 is 0 Å². The summed E-state index contributed by atoms with van der Waals surface area (Å²) in [5.74, 6) is -0.208. The van der Waals surface area contributed by atoms with Crippen molar-refractivity contribution in [2.75, 3.05) is 26.4 Å². The highest BCUT2D eigenvalue weighted by Gasteiger charge is 1.96. The van der Waals surface area contributed by atoms with Crippen molar-refractivity contribution in [3.8, 4) is 0 Å². The lowest BCUT2D eigenvalue weighted by Gasteiger charge is -2.03. The molecule has 0 aromatic carbocycles. The number of carbonyl (C=O) groups is 1. The number of ether oxygens (including phenoxy) is 2. The zero-order chi connectivity index (χ0) is 9.23. The van der Waals surface area contributed by atoms with E-state index in [-0.39, 0.29) is 12.6 Å². The number of esters is 1. The monoisotopic (exact) mass is 176 g/mol. The van der Waals surface area contributed by atoms with Gasteiger partial charge in [0.15, 0.2) is 0 Å². The van der Waals surface area contributed by atoms with Gasteiger partial charge in [-0.15, -0.1) is 0 Å². The van der Waals surface area contributed by atoms with Gasteiger partial charge in [0.2, 0.25) is 0 Å². The van der Waals surface area contributed by atoms with Crippen LogP contribution in [0.1, 0.15) is 19.8 Å². The molecule has 0 aliphatic heterocycles. The Labute approximate surface area is 72.5 Å². The molecule has 0 aliphatic rings. The highest BCUT2D eigenvalue weighted by molar-refractivity contribution is 5.68. The largest absolute Gasteiger partial charge is 0.463 e. The molecule has 0 spiro atoms. The Morgan fingerprint density at radius 1 is 1.33 bits per heavy atom. The van der Waals surface area contributed by atoms with Crippen LogP contribution in [0.15, 0.2) is 0 Å². The van der Waals surface area contributed by atoms with Crippen LogP contribution in [0, 0.1) is 0 Å². The van der Waals surface area contributed by atoms with Crippen molar-refractivity contribution in [3.05, 3.63) is 0 Å². The van der Waals surface area contributed by atoms with Gasteiger partial charge in [-0.05, 0) is 6.42 Å². The second-order valence-electron chi connectivity index (χ2n) is 2.26. The van der Waals surface area contributed by atoms with Gasteiger partial charge in [-0.2, -0.15) is 0 Å². The SMILES string of the molecule is CCC(=O)OCCOCCCO. The van der Waals surface area contributed by atoms with Gasteiger partial charge in [0.25, 0.3) is 0 Å². The summed E-state index contributed by atoms with van der Waals surface area (Å²) in [7, 11) is 0. The van der Waals surface area contributed by atoms with E-state index in [0.717, 1.165) is 0 Å². The maximum absolute atomic E-state index is 10.6. The van der Waals surface area contributed by atoms with Crippen molar-refractivity contribution in [1.29, 1.82) is 0 Å². The Balaban J connectivity index is 2.95. The maximum atomic E-state index is 10.6. The van der Waals surface area contributed by atoms with Crippen molar-refractivity contribution in [2.45, 2.75) is 19.8 Å². The Hall–Kier alpha value is -0.610. The number of hydrogen-bond donors (Lipinski definition) is 1. The van der Waals surface area contributed by atoms with Crippen LogP contribution in [0.25, 0.3) is 0 Å². The maximum Gasteiger partial charge on any atom is 0.305 e. The lowest BCUT2D eigenvalue weighted by molar-refractivity contribution is -0.144. The third kappa shape index (κ3) is 7.50. The van der Waals surface area contributed by atoms with Crippen molar-refractivity contribution in [3.63, 3.8) is 0 Å². The molecule has 1 N–H and O–H groups in total. The lowest BCUT2D eigenvalue weighted by Crippen LogP contribution is -2.10. The molecule has 72 valence electrons. The summed E-state index contributed by atoms with van der Waals surface area (Å²) in [5, 5.41) is 8.38. The van der Waals surface area contributed by atoms with Crippen LogP contribution in [0.5, 0.6) is 0 Å². The smallest absolute Gasteiger partial charge is 0.305 e. The molecule has 0 aromatic heterocycles. The van der Waals surface area contributed by atoms with Crippen molar-refractivity contribution < 1.29 is 19.4 Å². The number of rotatable bonds is 7. The van der Waals surface area contributed by atoms with E-state index in [1.165, 1.54) is 0 Å².